The van der Waals surface area contributed by atoms with Gasteiger partial charge >= 0.3 is 6.29 Å². The van der Waals surface area contributed by atoms with E-state index in [9.17, 15) is 13.6 Å². The molecule has 2 aliphatic rings. The average Bonchev–Trinajstić information content (AvgIpc) is 3.50. The number of carbonyl (C=O) groups is 1. The quantitative estimate of drug-likeness (QED) is 0.561. The van der Waals surface area contributed by atoms with Crippen LogP contribution in [0.2, 0.25) is 0 Å². The Hall–Kier alpha value is -3.68. The van der Waals surface area contributed by atoms with Gasteiger partial charge in [-0.1, -0.05) is 43.5 Å². The van der Waals surface area contributed by atoms with Crippen LogP contribution in [0, 0.1) is 6.92 Å². The highest BCUT2D eigenvalue weighted by molar-refractivity contribution is 6.01. The Morgan fingerprint density at radius 2 is 1.94 bits per heavy atom. The van der Waals surface area contributed by atoms with E-state index >= 15 is 0 Å². The highest BCUT2D eigenvalue weighted by Gasteiger charge is 2.52. The van der Waals surface area contributed by atoms with Crippen LogP contribution in [0.1, 0.15) is 24.0 Å². The third-order valence-corrected chi connectivity index (χ3v) is 5.53. The molecular weight excluding hydrogens is 416 g/mol. The minimum atomic E-state index is -3.69. The third-order valence-electron chi connectivity index (χ3n) is 5.53. The Kier molecular flexibility index (Phi) is 5.46. The number of aromatic nitrogens is 1. The largest absolute Gasteiger partial charge is 0.586 e. The molecule has 1 fully saturated rings. The summed E-state index contributed by atoms with van der Waals surface area (Å²) >= 11 is 0. The number of hydrogen-bond donors (Lipinski definition) is 2. The fourth-order valence-electron chi connectivity index (χ4n) is 3.57. The number of hydrogen-bond acceptors (Lipinski definition) is 5. The summed E-state index contributed by atoms with van der Waals surface area (Å²) in [6, 6.07) is 8.05. The van der Waals surface area contributed by atoms with Crippen molar-refractivity contribution in [1.82, 2.24) is 4.98 Å². The summed E-state index contributed by atoms with van der Waals surface area (Å²) in [7, 11) is 0. The molecule has 1 aliphatic carbocycles. The smallest absolute Gasteiger partial charge is 0.395 e. The van der Waals surface area contributed by atoms with Crippen molar-refractivity contribution >= 4 is 17.5 Å². The van der Waals surface area contributed by atoms with Crippen molar-refractivity contribution in [3.05, 3.63) is 78.4 Å². The van der Waals surface area contributed by atoms with E-state index in [2.05, 4.69) is 38.2 Å². The molecule has 2 heterocycles. The van der Waals surface area contributed by atoms with Crippen molar-refractivity contribution in [2.75, 3.05) is 17.2 Å². The summed E-state index contributed by atoms with van der Waals surface area (Å²) in [5, 5.41) is 6.09. The van der Waals surface area contributed by atoms with E-state index in [1.54, 1.807) is 24.3 Å². The van der Waals surface area contributed by atoms with Gasteiger partial charge in [0.15, 0.2) is 11.5 Å². The van der Waals surface area contributed by atoms with Crippen molar-refractivity contribution in [1.29, 1.82) is 0 Å². The second-order valence-electron chi connectivity index (χ2n) is 7.76. The van der Waals surface area contributed by atoms with Crippen LogP contribution in [-0.4, -0.2) is 23.7 Å². The number of carbonyl (C=O) groups excluding carboxylic acids is 1. The standard InChI is InChI=1S/C24H23F2N3O3/c1-4-6-16(5-2)14-27-21-15(3)7-10-20(28-21)29-22(30)23(11-12-23)17-8-9-18-19(13-17)32-24(25,26)31-18/h4-10,13H,1-2,11-12,14H2,3H3,(H2,27,28,29,30)/b16-6+. The van der Waals surface area contributed by atoms with Gasteiger partial charge in [-0.2, -0.15) is 0 Å². The fraction of sp³-hybridized carbons (Fsp3) is 0.250. The SMILES string of the molecule is C=C/C=C(\C=C)CNc1nc(NC(=O)C2(c3ccc4c(c3)OC(F)(F)O4)CC2)ccc1C. The van der Waals surface area contributed by atoms with E-state index in [0.29, 0.717) is 36.6 Å². The Morgan fingerprint density at radius 3 is 2.62 bits per heavy atom. The number of amides is 1. The molecule has 32 heavy (non-hydrogen) atoms. The minimum Gasteiger partial charge on any atom is -0.395 e. The molecule has 1 aromatic carbocycles. The molecule has 8 heteroatoms. The molecular formula is C24H23F2N3O3. The van der Waals surface area contributed by atoms with Crippen LogP contribution in [0.4, 0.5) is 20.4 Å². The van der Waals surface area contributed by atoms with Crippen molar-refractivity contribution in [2.24, 2.45) is 0 Å². The second-order valence-corrected chi connectivity index (χ2v) is 7.76. The van der Waals surface area contributed by atoms with Crippen LogP contribution in [-0.2, 0) is 10.2 Å². The molecule has 1 amide bonds. The van der Waals surface area contributed by atoms with Gasteiger partial charge in [0, 0.05) is 6.54 Å². The molecule has 166 valence electrons. The summed E-state index contributed by atoms with van der Waals surface area (Å²) in [6.45, 7) is 9.87. The van der Waals surface area contributed by atoms with E-state index < -0.39 is 11.7 Å². The van der Waals surface area contributed by atoms with Gasteiger partial charge in [-0.05, 0) is 54.7 Å². The van der Waals surface area contributed by atoms with Crippen molar-refractivity contribution < 1.29 is 23.0 Å². The Bertz CT molecular complexity index is 1120. The molecule has 0 radical (unpaired) electrons. The van der Waals surface area contributed by atoms with Crippen molar-refractivity contribution in [2.45, 2.75) is 31.5 Å². The van der Waals surface area contributed by atoms with Crippen LogP contribution >= 0.6 is 0 Å². The zero-order valence-electron chi connectivity index (χ0n) is 17.6. The van der Waals surface area contributed by atoms with Crippen LogP contribution in [0.5, 0.6) is 11.5 Å². The molecule has 0 saturated heterocycles. The topological polar surface area (TPSA) is 72.5 Å². The van der Waals surface area contributed by atoms with Gasteiger partial charge in [0.2, 0.25) is 5.91 Å². The molecule has 0 unspecified atom stereocenters. The monoisotopic (exact) mass is 439 g/mol. The van der Waals surface area contributed by atoms with Crippen LogP contribution in [0.15, 0.2) is 67.3 Å². The number of aryl methyl sites for hydroxylation is 1. The maximum atomic E-state index is 13.3. The highest BCUT2D eigenvalue weighted by Crippen LogP contribution is 2.52. The first-order valence-corrected chi connectivity index (χ1v) is 10.1. The van der Waals surface area contributed by atoms with Gasteiger partial charge in [0.1, 0.15) is 11.6 Å². The number of halogens is 2. The predicted molar refractivity (Wildman–Crippen MR) is 118 cm³/mol. The molecule has 2 aromatic rings. The maximum absolute atomic E-state index is 13.3. The van der Waals surface area contributed by atoms with E-state index in [4.69, 9.17) is 0 Å². The lowest BCUT2D eigenvalue weighted by Crippen LogP contribution is -2.28. The van der Waals surface area contributed by atoms with Gasteiger partial charge in [0.25, 0.3) is 0 Å². The first kappa shape index (κ1) is 21.5. The Labute approximate surface area is 184 Å². The summed E-state index contributed by atoms with van der Waals surface area (Å²) in [5.74, 6) is 0.667. The van der Waals surface area contributed by atoms with Crippen LogP contribution in [0.25, 0.3) is 0 Å². The first-order chi connectivity index (χ1) is 15.3. The minimum absolute atomic E-state index is 0.0460. The predicted octanol–water partition coefficient (Wildman–Crippen LogP) is 5.09. The molecule has 0 atom stereocenters. The first-order valence-electron chi connectivity index (χ1n) is 10.1. The highest BCUT2D eigenvalue weighted by atomic mass is 19.3. The molecule has 2 N–H and O–H groups in total. The molecule has 6 nitrogen and oxygen atoms in total. The summed E-state index contributed by atoms with van der Waals surface area (Å²) in [6.07, 6.45) is 2.76. The maximum Gasteiger partial charge on any atom is 0.586 e. The number of alkyl halides is 2. The lowest BCUT2D eigenvalue weighted by molar-refractivity contribution is -0.286. The van der Waals surface area contributed by atoms with Crippen LogP contribution < -0.4 is 20.1 Å². The molecule has 1 aliphatic heterocycles. The average molecular weight is 439 g/mol. The number of anilines is 2. The molecule has 0 spiro atoms. The fourth-order valence-corrected chi connectivity index (χ4v) is 3.57. The Morgan fingerprint density at radius 1 is 1.19 bits per heavy atom. The number of allylic oxidation sites excluding steroid dienone is 2. The molecule has 1 aromatic heterocycles. The number of benzene rings is 1. The number of rotatable bonds is 8. The van der Waals surface area contributed by atoms with Gasteiger partial charge in [0.05, 0.1) is 5.41 Å². The Balaban J connectivity index is 1.49. The lowest BCUT2D eigenvalue weighted by atomic mass is 9.94. The lowest BCUT2D eigenvalue weighted by Gasteiger charge is -2.17. The van der Waals surface area contributed by atoms with E-state index in [-0.39, 0.29) is 17.4 Å². The van der Waals surface area contributed by atoms with E-state index in [1.807, 2.05) is 19.1 Å². The summed E-state index contributed by atoms with van der Waals surface area (Å²) < 4.78 is 35.6. The van der Waals surface area contributed by atoms with Crippen molar-refractivity contribution in [3.63, 3.8) is 0 Å². The second kappa shape index (κ2) is 8.11. The summed E-state index contributed by atoms with van der Waals surface area (Å²) in [5.41, 5.74) is 1.66. The zero-order chi connectivity index (χ0) is 22.9. The van der Waals surface area contributed by atoms with Gasteiger partial charge in [-0.15, -0.1) is 8.78 Å². The number of ether oxygens (including phenoxy) is 2. The van der Waals surface area contributed by atoms with Gasteiger partial charge in [-0.3, -0.25) is 4.79 Å². The van der Waals surface area contributed by atoms with Crippen molar-refractivity contribution in [3.8, 4) is 11.5 Å². The third kappa shape index (κ3) is 4.21. The number of fused-ring (bicyclic) bond motifs is 1. The summed E-state index contributed by atoms with van der Waals surface area (Å²) in [4.78, 5) is 17.6. The van der Waals surface area contributed by atoms with Gasteiger partial charge < -0.3 is 20.1 Å². The number of pyridine rings is 1. The molecule has 0 bridgehead atoms. The zero-order valence-corrected chi connectivity index (χ0v) is 17.6. The molecule has 1 saturated carbocycles. The normalized spacial score (nSPS) is 17.4. The van der Waals surface area contributed by atoms with Crippen LogP contribution in [0.3, 0.4) is 0 Å². The number of nitrogens with one attached hydrogen (secondary N) is 2. The number of nitrogens with zero attached hydrogens (tertiary/aromatic N) is 1. The van der Waals surface area contributed by atoms with E-state index in [0.717, 1.165) is 11.1 Å². The van der Waals surface area contributed by atoms with Gasteiger partial charge in [-0.25, -0.2) is 4.98 Å². The van der Waals surface area contributed by atoms with E-state index in [1.165, 1.54) is 12.1 Å². The molecule has 4 rings (SSSR count).